The van der Waals surface area contributed by atoms with Gasteiger partial charge in [0.2, 0.25) is 0 Å². The Morgan fingerprint density at radius 3 is 2.55 bits per heavy atom. The molecule has 0 aliphatic heterocycles. The van der Waals surface area contributed by atoms with E-state index in [1.165, 1.54) is 11.3 Å². The zero-order valence-electron chi connectivity index (χ0n) is 18.6. The predicted octanol–water partition coefficient (Wildman–Crippen LogP) is 5.62. The number of ketones is 1. The van der Waals surface area contributed by atoms with Crippen LogP contribution in [0.4, 0.5) is 0 Å². The van der Waals surface area contributed by atoms with Gasteiger partial charge in [-0.25, -0.2) is 4.98 Å². The second-order valence-corrected chi connectivity index (χ2v) is 8.31. The van der Waals surface area contributed by atoms with Gasteiger partial charge in [-0.2, -0.15) is 0 Å². The van der Waals surface area contributed by atoms with Crippen LogP contribution < -0.4 is 4.74 Å². The molecule has 0 atom stereocenters. The zero-order valence-corrected chi connectivity index (χ0v) is 19.4. The highest BCUT2D eigenvalue weighted by atomic mass is 32.1. The first-order valence-corrected chi connectivity index (χ1v) is 11.1. The molecule has 2 aromatic carbocycles. The lowest BCUT2D eigenvalue weighted by atomic mass is 9.92. The summed E-state index contributed by atoms with van der Waals surface area (Å²) in [6.07, 6.45) is 0.0941. The summed E-state index contributed by atoms with van der Waals surface area (Å²) in [7, 11) is 0. The Morgan fingerprint density at radius 1 is 1.10 bits per heavy atom. The first kappa shape index (κ1) is 22.7. The van der Waals surface area contributed by atoms with Gasteiger partial charge in [0.15, 0.2) is 5.78 Å². The van der Waals surface area contributed by atoms with E-state index < -0.39 is 0 Å². The third-order valence-electron chi connectivity index (χ3n) is 5.16. The second-order valence-electron chi connectivity index (χ2n) is 7.46. The van der Waals surface area contributed by atoms with Gasteiger partial charge in [0.25, 0.3) is 0 Å². The average Bonchev–Trinajstić information content (AvgIpc) is 3.16. The van der Waals surface area contributed by atoms with Crippen LogP contribution in [-0.4, -0.2) is 23.3 Å². The van der Waals surface area contributed by atoms with E-state index >= 15 is 0 Å². The van der Waals surface area contributed by atoms with Crippen molar-refractivity contribution in [3.63, 3.8) is 0 Å². The molecule has 5 nitrogen and oxygen atoms in total. The maximum Gasteiger partial charge on any atom is 0.312 e. The molecule has 0 saturated heterocycles. The maximum absolute atomic E-state index is 12.5. The van der Waals surface area contributed by atoms with E-state index in [4.69, 9.17) is 9.47 Å². The number of hydrogen-bond donors (Lipinski definition) is 0. The van der Waals surface area contributed by atoms with Crippen LogP contribution in [0.15, 0.2) is 35.7 Å². The molecular weight excluding hydrogens is 410 g/mol. The van der Waals surface area contributed by atoms with E-state index in [2.05, 4.69) is 4.98 Å². The van der Waals surface area contributed by atoms with E-state index in [0.29, 0.717) is 17.9 Å². The number of nitrogens with zero attached hydrogens (tertiary/aromatic N) is 1. The van der Waals surface area contributed by atoms with Crippen LogP contribution in [0.2, 0.25) is 0 Å². The molecule has 3 aromatic rings. The Morgan fingerprint density at radius 2 is 1.84 bits per heavy atom. The molecule has 31 heavy (non-hydrogen) atoms. The molecule has 162 valence electrons. The van der Waals surface area contributed by atoms with Crippen molar-refractivity contribution in [1.82, 2.24) is 4.98 Å². The summed E-state index contributed by atoms with van der Waals surface area (Å²) in [6.45, 7) is 10.0. The summed E-state index contributed by atoms with van der Waals surface area (Å²) in [5.41, 5.74) is 6.00. The number of benzene rings is 2. The minimum Gasteiger partial charge on any atom is -0.493 e. The van der Waals surface area contributed by atoms with E-state index in [1.807, 2.05) is 63.4 Å². The molecule has 0 aliphatic rings. The lowest BCUT2D eigenvalue weighted by molar-refractivity contribution is -0.144. The molecule has 0 aliphatic carbocycles. The van der Waals surface area contributed by atoms with Crippen molar-refractivity contribution in [2.75, 3.05) is 6.61 Å². The largest absolute Gasteiger partial charge is 0.493 e. The fourth-order valence-corrected chi connectivity index (χ4v) is 4.63. The highest BCUT2D eigenvalue weighted by Crippen LogP contribution is 2.32. The van der Waals surface area contributed by atoms with Crippen LogP contribution in [0.25, 0.3) is 10.6 Å². The molecule has 0 saturated carbocycles. The van der Waals surface area contributed by atoms with Crippen molar-refractivity contribution >= 4 is 23.1 Å². The van der Waals surface area contributed by atoms with E-state index in [0.717, 1.165) is 38.6 Å². The minimum absolute atomic E-state index is 0.0184. The molecule has 6 heteroatoms. The van der Waals surface area contributed by atoms with Gasteiger partial charge >= 0.3 is 5.97 Å². The van der Waals surface area contributed by atoms with Crippen molar-refractivity contribution in [3.8, 4) is 16.3 Å². The summed E-state index contributed by atoms with van der Waals surface area (Å²) in [5.74, 6) is 0.448. The molecular formula is C25H27NO4S. The highest BCUT2D eigenvalue weighted by molar-refractivity contribution is 7.13. The summed E-state index contributed by atoms with van der Waals surface area (Å²) in [5, 5.41) is 2.68. The van der Waals surface area contributed by atoms with Crippen molar-refractivity contribution in [2.45, 2.75) is 47.6 Å². The standard InChI is InChI=1S/C25H27NO4S/c1-6-29-22-10-8-7-9-20(22)25-26-19(14-31-25)12-23(28)30-13-21-15(2)11-16(3)24(17(21)4)18(5)27/h7-11,14H,6,12-13H2,1-5H3. The van der Waals surface area contributed by atoms with Gasteiger partial charge in [0.05, 0.1) is 24.3 Å². The van der Waals surface area contributed by atoms with Crippen LogP contribution >= 0.6 is 11.3 Å². The molecule has 0 N–H and O–H groups in total. The van der Waals surface area contributed by atoms with Gasteiger partial charge in [-0.15, -0.1) is 11.3 Å². The molecule has 1 heterocycles. The minimum atomic E-state index is -0.348. The third kappa shape index (κ3) is 5.20. The summed E-state index contributed by atoms with van der Waals surface area (Å²) >= 11 is 1.47. The van der Waals surface area contributed by atoms with Crippen LogP contribution in [0, 0.1) is 20.8 Å². The van der Waals surface area contributed by atoms with Gasteiger partial charge < -0.3 is 9.47 Å². The monoisotopic (exact) mass is 437 g/mol. The quantitative estimate of drug-likeness (QED) is 0.338. The molecule has 0 unspecified atom stereocenters. The molecule has 0 amide bonds. The van der Waals surface area contributed by atoms with E-state index in [1.54, 1.807) is 6.92 Å². The van der Waals surface area contributed by atoms with Crippen LogP contribution in [0.3, 0.4) is 0 Å². The Labute approximate surface area is 187 Å². The maximum atomic E-state index is 12.5. The number of para-hydroxylation sites is 1. The number of carbonyl (C=O) groups is 2. The normalized spacial score (nSPS) is 10.7. The number of esters is 1. The van der Waals surface area contributed by atoms with Crippen molar-refractivity contribution in [1.29, 1.82) is 0 Å². The first-order chi connectivity index (χ1) is 14.8. The SMILES string of the molecule is CCOc1ccccc1-c1nc(CC(=O)OCc2c(C)cc(C)c(C(C)=O)c2C)cs1. The molecule has 0 bridgehead atoms. The third-order valence-corrected chi connectivity index (χ3v) is 6.08. The Hall–Kier alpha value is -2.99. The van der Waals surface area contributed by atoms with Gasteiger partial charge in [0.1, 0.15) is 17.4 Å². The summed E-state index contributed by atoms with van der Waals surface area (Å²) in [4.78, 5) is 29.0. The number of aryl methyl sites for hydroxylation is 2. The number of aromatic nitrogens is 1. The first-order valence-electron chi connectivity index (χ1n) is 10.2. The van der Waals surface area contributed by atoms with E-state index in [9.17, 15) is 9.59 Å². The predicted molar refractivity (Wildman–Crippen MR) is 123 cm³/mol. The Bertz CT molecular complexity index is 1120. The number of hydrogen-bond acceptors (Lipinski definition) is 6. The Balaban J connectivity index is 1.70. The van der Waals surface area contributed by atoms with Crippen molar-refractivity contribution in [2.24, 2.45) is 0 Å². The van der Waals surface area contributed by atoms with Crippen molar-refractivity contribution in [3.05, 3.63) is 69.2 Å². The molecule has 1 aromatic heterocycles. The number of rotatable bonds is 8. The Kier molecular flexibility index (Phi) is 7.23. The van der Waals surface area contributed by atoms with Crippen LogP contribution in [-0.2, 0) is 22.6 Å². The molecule has 0 radical (unpaired) electrons. The van der Waals surface area contributed by atoms with E-state index in [-0.39, 0.29) is 24.8 Å². The molecule has 0 fully saturated rings. The van der Waals surface area contributed by atoms with Gasteiger partial charge in [0, 0.05) is 10.9 Å². The van der Waals surface area contributed by atoms with Gasteiger partial charge in [-0.1, -0.05) is 18.2 Å². The smallest absolute Gasteiger partial charge is 0.312 e. The number of ether oxygens (including phenoxy) is 2. The number of thiazole rings is 1. The second kappa shape index (κ2) is 9.88. The molecule has 3 rings (SSSR count). The van der Waals surface area contributed by atoms with Crippen LogP contribution in [0.1, 0.15) is 52.2 Å². The zero-order chi connectivity index (χ0) is 22.5. The lowest BCUT2D eigenvalue weighted by Gasteiger charge is -2.16. The fourth-order valence-electron chi connectivity index (χ4n) is 3.78. The lowest BCUT2D eigenvalue weighted by Crippen LogP contribution is -2.12. The summed E-state index contributed by atoms with van der Waals surface area (Å²) < 4.78 is 11.2. The average molecular weight is 438 g/mol. The topological polar surface area (TPSA) is 65.5 Å². The molecule has 0 spiro atoms. The van der Waals surface area contributed by atoms with Gasteiger partial charge in [-0.05, 0) is 69.0 Å². The van der Waals surface area contributed by atoms with Crippen LogP contribution in [0.5, 0.6) is 5.75 Å². The number of Topliss-reactive ketones (excluding diaryl/α,β-unsaturated/α-hetero) is 1. The van der Waals surface area contributed by atoms with Gasteiger partial charge in [-0.3, -0.25) is 9.59 Å². The summed E-state index contributed by atoms with van der Waals surface area (Å²) in [6, 6.07) is 9.70. The van der Waals surface area contributed by atoms with Crippen molar-refractivity contribution < 1.29 is 19.1 Å². The highest BCUT2D eigenvalue weighted by Gasteiger charge is 2.17. The fraction of sp³-hybridized carbons (Fsp3) is 0.320. The number of carbonyl (C=O) groups excluding carboxylic acids is 2.